The molecule has 1 heterocycles. The largest absolute Gasteiger partial charge is 0.496 e. The summed E-state index contributed by atoms with van der Waals surface area (Å²) in [5, 5.41) is 6.68. The summed E-state index contributed by atoms with van der Waals surface area (Å²) in [4.78, 5) is 12.4. The van der Waals surface area contributed by atoms with Gasteiger partial charge in [-0.3, -0.25) is 0 Å². The summed E-state index contributed by atoms with van der Waals surface area (Å²) >= 11 is 0. The molecule has 0 spiro atoms. The van der Waals surface area contributed by atoms with Crippen LogP contribution in [0.3, 0.4) is 0 Å². The smallest absolute Gasteiger partial charge is 0.407 e. The minimum Gasteiger partial charge on any atom is -0.496 e. The summed E-state index contributed by atoms with van der Waals surface area (Å²) in [6, 6.07) is 4.37. The van der Waals surface area contributed by atoms with E-state index in [0.717, 1.165) is 30.7 Å². The van der Waals surface area contributed by atoms with Crippen LogP contribution in [0, 0.1) is 13.8 Å². The summed E-state index contributed by atoms with van der Waals surface area (Å²) < 4.78 is 10.9. The van der Waals surface area contributed by atoms with Crippen LogP contribution in [0.15, 0.2) is 12.1 Å². The summed E-state index contributed by atoms with van der Waals surface area (Å²) in [5.41, 5.74) is 3.10. The molecule has 1 aliphatic heterocycles. The number of hydrogen-bond donors (Lipinski definition) is 2. The molecule has 2 rings (SSSR count). The van der Waals surface area contributed by atoms with Crippen LogP contribution < -0.4 is 15.4 Å². The zero-order valence-corrected chi connectivity index (χ0v) is 17.1. The molecular formula is C21H34N2O3. The van der Waals surface area contributed by atoms with Crippen LogP contribution in [0.25, 0.3) is 0 Å². The van der Waals surface area contributed by atoms with Gasteiger partial charge in [0.25, 0.3) is 0 Å². The maximum Gasteiger partial charge on any atom is 0.407 e. The van der Waals surface area contributed by atoms with E-state index in [1.807, 2.05) is 26.8 Å². The van der Waals surface area contributed by atoms with Crippen LogP contribution in [-0.2, 0) is 11.2 Å². The Balaban J connectivity index is 2.18. The molecule has 0 aliphatic carbocycles. The van der Waals surface area contributed by atoms with Crippen molar-refractivity contribution in [3.05, 3.63) is 28.8 Å². The number of piperidine rings is 1. The van der Waals surface area contributed by atoms with Gasteiger partial charge in [0.2, 0.25) is 0 Å². The number of methoxy groups -OCH3 is 1. The van der Waals surface area contributed by atoms with Gasteiger partial charge in [0.15, 0.2) is 0 Å². The number of ether oxygens (including phenoxy) is 2. The molecule has 2 N–H and O–H groups in total. The number of carbonyl (C=O) groups is 1. The lowest BCUT2D eigenvalue weighted by atomic mass is 9.90. The molecule has 0 saturated carbocycles. The second-order valence-corrected chi connectivity index (χ2v) is 8.19. The Labute approximate surface area is 157 Å². The van der Waals surface area contributed by atoms with Gasteiger partial charge in [-0.25, -0.2) is 4.79 Å². The fourth-order valence-electron chi connectivity index (χ4n) is 3.51. The fourth-order valence-corrected chi connectivity index (χ4v) is 3.51. The minimum absolute atomic E-state index is 0.00311. The van der Waals surface area contributed by atoms with E-state index in [9.17, 15) is 4.79 Å². The van der Waals surface area contributed by atoms with E-state index in [-0.39, 0.29) is 18.2 Å². The minimum atomic E-state index is -0.499. The Kier molecular flexibility index (Phi) is 6.93. The number of benzene rings is 1. The van der Waals surface area contributed by atoms with E-state index >= 15 is 0 Å². The second kappa shape index (κ2) is 8.76. The first kappa shape index (κ1) is 20.6. The monoisotopic (exact) mass is 362 g/mol. The SMILES string of the molecule is COc1ccc(CC(NC(=O)OC(C)(C)C)C2CCCCN2)c(C)c1C. The first-order valence-corrected chi connectivity index (χ1v) is 9.57. The molecule has 5 heteroatoms. The lowest BCUT2D eigenvalue weighted by Gasteiger charge is -2.33. The lowest BCUT2D eigenvalue weighted by molar-refractivity contribution is 0.0488. The number of carbonyl (C=O) groups excluding carboxylic acids is 1. The normalized spacial score (nSPS) is 18.9. The summed E-state index contributed by atoms with van der Waals surface area (Å²) in [7, 11) is 1.69. The van der Waals surface area contributed by atoms with Gasteiger partial charge < -0.3 is 20.1 Å². The maximum atomic E-state index is 12.4. The molecule has 1 fully saturated rings. The number of alkyl carbamates (subject to hydrolysis) is 1. The van der Waals surface area contributed by atoms with Crippen LogP contribution in [0.5, 0.6) is 5.75 Å². The lowest BCUT2D eigenvalue weighted by Crippen LogP contribution is -2.53. The molecule has 1 aromatic rings. The third kappa shape index (κ3) is 5.63. The molecule has 2 unspecified atom stereocenters. The fraction of sp³-hybridized carbons (Fsp3) is 0.667. The molecule has 1 aromatic carbocycles. The highest BCUT2D eigenvalue weighted by molar-refractivity contribution is 5.68. The van der Waals surface area contributed by atoms with Crippen LogP contribution in [0.2, 0.25) is 0 Å². The molecule has 1 amide bonds. The van der Waals surface area contributed by atoms with Crippen molar-refractivity contribution in [1.82, 2.24) is 10.6 Å². The third-order valence-electron chi connectivity index (χ3n) is 5.05. The molecular weight excluding hydrogens is 328 g/mol. The van der Waals surface area contributed by atoms with E-state index in [1.54, 1.807) is 7.11 Å². The van der Waals surface area contributed by atoms with Crippen molar-refractivity contribution in [3.63, 3.8) is 0 Å². The highest BCUT2D eigenvalue weighted by Gasteiger charge is 2.28. The van der Waals surface area contributed by atoms with Crippen molar-refractivity contribution in [2.24, 2.45) is 0 Å². The topological polar surface area (TPSA) is 59.6 Å². The highest BCUT2D eigenvalue weighted by atomic mass is 16.6. The third-order valence-corrected chi connectivity index (χ3v) is 5.05. The predicted molar refractivity (Wildman–Crippen MR) is 105 cm³/mol. The number of rotatable bonds is 5. The Hall–Kier alpha value is -1.75. The van der Waals surface area contributed by atoms with Gasteiger partial charge in [-0.2, -0.15) is 0 Å². The van der Waals surface area contributed by atoms with Crippen molar-refractivity contribution in [1.29, 1.82) is 0 Å². The molecule has 1 saturated heterocycles. The summed E-state index contributed by atoms with van der Waals surface area (Å²) in [6.07, 6.45) is 3.86. The first-order valence-electron chi connectivity index (χ1n) is 9.57. The summed E-state index contributed by atoms with van der Waals surface area (Å²) in [5.74, 6) is 0.902. The van der Waals surface area contributed by atoms with E-state index < -0.39 is 5.60 Å². The predicted octanol–water partition coefficient (Wildman–Crippen LogP) is 3.89. The Bertz CT molecular complexity index is 616. The van der Waals surface area contributed by atoms with Gasteiger partial charge >= 0.3 is 6.09 Å². The van der Waals surface area contributed by atoms with Crippen LogP contribution in [0.1, 0.15) is 56.7 Å². The first-order chi connectivity index (χ1) is 12.2. The Morgan fingerprint density at radius 3 is 2.58 bits per heavy atom. The van der Waals surface area contributed by atoms with Crippen LogP contribution >= 0.6 is 0 Å². The molecule has 2 atom stereocenters. The summed E-state index contributed by atoms with van der Waals surface area (Å²) in [6.45, 7) is 10.9. The number of nitrogens with one attached hydrogen (secondary N) is 2. The maximum absolute atomic E-state index is 12.4. The zero-order valence-electron chi connectivity index (χ0n) is 17.1. The van der Waals surface area contributed by atoms with Gasteiger partial charge in [-0.1, -0.05) is 12.5 Å². The standard InChI is InChI=1S/C21H34N2O3/c1-14-15(2)19(25-6)11-10-16(14)13-18(17-9-7-8-12-22-17)23-20(24)26-21(3,4)5/h10-11,17-18,22H,7-9,12-13H2,1-6H3,(H,23,24). The van der Waals surface area contributed by atoms with Crippen LogP contribution in [-0.4, -0.2) is 37.4 Å². The van der Waals surface area contributed by atoms with Gasteiger partial charge in [-0.15, -0.1) is 0 Å². The molecule has 0 bridgehead atoms. The molecule has 1 aliphatic rings. The van der Waals surface area contributed by atoms with Crippen molar-refractivity contribution < 1.29 is 14.3 Å². The molecule has 5 nitrogen and oxygen atoms in total. The van der Waals surface area contributed by atoms with E-state index in [1.165, 1.54) is 24.0 Å². The Morgan fingerprint density at radius 2 is 2.00 bits per heavy atom. The number of hydrogen-bond acceptors (Lipinski definition) is 4. The van der Waals surface area contributed by atoms with E-state index in [0.29, 0.717) is 0 Å². The van der Waals surface area contributed by atoms with Crippen molar-refractivity contribution in [2.75, 3.05) is 13.7 Å². The van der Waals surface area contributed by atoms with E-state index in [4.69, 9.17) is 9.47 Å². The molecule has 146 valence electrons. The van der Waals surface area contributed by atoms with Gasteiger partial charge in [-0.05, 0) is 83.2 Å². The van der Waals surface area contributed by atoms with Crippen molar-refractivity contribution >= 4 is 6.09 Å². The van der Waals surface area contributed by atoms with Crippen molar-refractivity contribution in [3.8, 4) is 5.75 Å². The van der Waals surface area contributed by atoms with Gasteiger partial charge in [0.05, 0.1) is 13.2 Å². The highest BCUT2D eigenvalue weighted by Crippen LogP contribution is 2.26. The average Bonchev–Trinajstić information content (AvgIpc) is 2.57. The molecule has 0 aromatic heterocycles. The number of amides is 1. The van der Waals surface area contributed by atoms with Gasteiger partial charge in [0, 0.05) is 6.04 Å². The quantitative estimate of drug-likeness (QED) is 0.834. The van der Waals surface area contributed by atoms with Gasteiger partial charge in [0.1, 0.15) is 11.4 Å². The molecule has 26 heavy (non-hydrogen) atoms. The zero-order chi connectivity index (χ0) is 19.3. The van der Waals surface area contributed by atoms with Crippen LogP contribution in [0.4, 0.5) is 4.79 Å². The second-order valence-electron chi connectivity index (χ2n) is 8.19. The van der Waals surface area contributed by atoms with Crippen molar-refractivity contribution in [2.45, 2.75) is 78.0 Å². The van der Waals surface area contributed by atoms with E-state index in [2.05, 4.69) is 30.5 Å². The Morgan fingerprint density at radius 1 is 1.27 bits per heavy atom. The average molecular weight is 363 g/mol. The molecule has 0 radical (unpaired) electrons.